The van der Waals surface area contributed by atoms with Crippen LogP contribution >= 0.6 is 0 Å². The van der Waals surface area contributed by atoms with E-state index >= 15 is 0 Å². The average Bonchev–Trinajstić information content (AvgIpc) is 2.62. The molecular weight excluding hydrogens is 374 g/mol. The summed E-state index contributed by atoms with van der Waals surface area (Å²) in [4.78, 5) is 2.00. The summed E-state index contributed by atoms with van der Waals surface area (Å²) >= 11 is 0. The zero-order chi connectivity index (χ0) is 19.7. The van der Waals surface area contributed by atoms with E-state index < -0.39 is 29.5 Å². The second-order valence-corrected chi connectivity index (χ2v) is 7.02. The Bertz CT molecular complexity index is 583. The Morgan fingerprint density at radius 1 is 0.889 bits per heavy atom. The predicted molar refractivity (Wildman–Crippen MR) is 87.2 cm³/mol. The predicted octanol–water partition coefficient (Wildman–Crippen LogP) is 4.10. The van der Waals surface area contributed by atoms with Crippen LogP contribution in [-0.4, -0.2) is 44.3 Å². The first-order valence-corrected chi connectivity index (χ1v) is 8.98. The fourth-order valence-corrected chi connectivity index (χ4v) is 3.92. The van der Waals surface area contributed by atoms with Gasteiger partial charge < -0.3 is 10.1 Å². The third kappa shape index (κ3) is 4.94. The van der Waals surface area contributed by atoms with Gasteiger partial charge in [0.2, 0.25) is 0 Å². The Morgan fingerprint density at radius 2 is 1.41 bits per heavy atom. The highest BCUT2D eigenvalue weighted by molar-refractivity contribution is 5.36. The highest BCUT2D eigenvalue weighted by Crippen LogP contribution is 2.41. The lowest BCUT2D eigenvalue weighted by Crippen LogP contribution is -2.47. The van der Waals surface area contributed by atoms with Crippen molar-refractivity contribution in [1.29, 1.82) is 0 Å². The van der Waals surface area contributed by atoms with E-state index in [-0.39, 0.29) is 17.5 Å². The molecule has 2 saturated heterocycles. The van der Waals surface area contributed by atoms with Gasteiger partial charge in [-0.1, -0.05) is 0 Å². The van der Waals surface area contributed by atoms with E-state index in [0.717, 1.165) is 12.1 Å². The molecule has 1 aromatic rings. The number of benzene rings is 1. The second-order valence-electron chi connectivity index (χ2n) is 7.02. The minimum Gasteiger partial charge on any atom is -0.381 e. The van der Waals surface area contributed by atoms with Gasteiger partial charge in [0.05, 0.1) is 11.1 Å². The largest absolute Gasteiger partial charge is 0.416 e. The Hall–Kier alpha value is -1.32. The van der Waals surface area contributed by atoms with Crippen molar-refractivity contribution >= 4 is 0 Å². The molecule has 0 saturated carbocycles. The molecule has 0 aliphatic carbocycles. The number of ether oxygens (including phenoxy) is 1. The lowest BCUT2D eigenvalue weighted by atomic mass is 9.84. The van der Waals surface area contributed by atoms with Gasteiger partial charge in [0.15, 0.2) is 0 Å². The number of nitrogens with one attached hydrogen (secondary N) is 1. The minimum absolute atomic E-state index is 0.0404. The van der Waals surface area contributed by atoms with Gasteiger partial charge in [-0.25, -0.2) is 0 Å². The van der Waals surface area contributed by atoms with E-state index in [9.17, 15) is 26.3 Å². The van der Waals surface area contributed by atoms with Gasteiger partial charge in [0.25, 0.3) is 0 Å². The van der Waals surface area contributed by atoms with Crippen molar-refractivity contribution in [3.05, 3.63) is 34.9 Å². The van der Waals surface area contributed by atoms with Crippen LogP contribution in [0.15, 0.2) is 18.2 Å². The van der Waals surface area contributed by atoms with Crippen LogP contribution in [0.5, 0.6) is 0 Å². The summed E-state index contributed by atoms with van der Waals surface area (Å²) in [5.41, 5.74) is -2.41. The smallest absolute Gasteiger partial charge is 0.381 e. The van der Waals surface area contributed by atoms with Crippen molar-refractivity contribution in [2.24, 2.45) is 5.92 Å². The standard InChI is InChI=1S/C18H22F6N2O/c19-17(20,21)14-9-13(10-15(11-14)18(22,23)24)16(12-1-7-27-8-2-12)26-5-3-25-4-6-26/h9-12,16,25H,1-8H2/t16-/m0/s1. The number of piperazine rings is 1. The van der Waals surface area contributed by atoms with Gasteiger partial charge in [-0.2, -0.15) is 26.3 Å². The zero-order valence-electron chi connectivity index (χ0n) is 14.7. The summed E-state index contributed by atoms with van der Waals surface area (Å²) in [6.07, 6.45) is -8.43. The van der Waals surface area contributed by atoms with Crippen LogP contribution in [0, 0.1) is 5.92 Å². The van der Waals surface area contributed by atoms with Crippen LogP contribution in [0.4, 0.5) is 26.3 Å². The fraction of sp³-hybridized carbons (Fsp3) is 0.667. The van der Waals surface area contributed by atoms with Crippen LogP contribution in [-0.2, 0) is 17.1 Å². The molecule has 0 aromatic heterocycles. The summed E-state index contributed by atoms with van der Waals surface area (Å²) < 4.78 is 85.0. The van der Waals surface area contributed by atoms with Crippen LogP contribution < -0.4 is 5.32 Å². The molecule has 1 N–H and O–H groups in total. The molecule has 0 amide bonds. The molecule has 2 heterocycles. The SMILES string of the molecule is FC(F)(F)c1cc([C@H](C2CCOCC2)N2CCNCC2)cc(C(F)(F)F)c1. The van der Waals surface area contributed by atoms with Crippen molar-refractivity contribution in [3.63, 3.8) is 0 Å². The lowest BCUT2D eigenvalue weighted by Gasteiger charge is -2.41. The van der Waals surface area contributed by atoms with Crippen molar-refractivity contribution < 1.29 is 31.1 Å². The van der Waals surface area contributed by atoms with Crippen LogP contribution in [0.2, 0.25) is 0 Å². The van der Waals surface area contributed by atoms with Gasteiger partial charge in [0, 0.05) is 45.4 Å². The molecule has 0 spiro atoms. The number of rotatable bonds is 3. The molecule has 3 nitrogen and oxygen atoms in total. The van der Waals surface area contributed by atoms with E-state index in [2.05, 4.69) is 5.32 Å². The first-order chi connectivity index (χ1) is 12.7. The summed E-state index contributed by atoms with van der Waals surface area (Å²) in [6.45, 7) is 3.42. The number of nitrogens with zero attached hydrogens (tertiary/aromatic N) is 1. The molecular formula is C18H22F6N2O. The van der Waals surface area contributed by atoms with Gasteiger partial charge >= 0.3 is 12.4 Å². The van der Waals surface area contributed by atoms with Crippen LogP contribution in [0.3, 0.4) is 0 Å². The Labute approximate surface area is 153 Å². The minimum atomic E-state index is -4.83. The monoisotopic (exact) mass is 396 g/mol. The third-order valence-corrected chi connectivity index (χ3v) is 5.21. The fourth-order valence-electron chi connectivity index (χ4n) is 3.92. The topological polar surface area (TPSA) is 24.5 Å². The highest BCUT2D eigenvalue weighted by atomic mass is 19.4. The van der Waals surface area contributed by atoms with E-state index in [4.69, 9.17) is 4.74 Å². The molecule has 9 heteroatoms. The molecule has 27 heavy (non-hydrogen) atoms. The van der Waals surface area contributed by atoms with Gasteiger partial charge in [-0.05, 0) is 42.5 Å². The Morgan fingerprint density at radius 3 is 1.89 bits per heavy atom. The maximum Gasteiger partial charge on any atom is 0.416 e. The summed E-state index contributed by atoms with van der Waals surface area (Å²) in [6, 6.07) is 1.48. The maximum absolute atomic E-state index is 13.3. The van der Waals surface area contributed by atoms with Gasteiger partial charge in [-0.15, -0.1) is 0 Å². The van der Waals surface area contributed by atoms with E-state index in [1.54, 1.807) is 0 Å². The molecule has 0 unspecified atom stereocenters. The molecule has 0 bridgehead atoms. The highest BCUT2D eigenvalue weighted by Gasteiger charge is 2.39. The van der Waals surface area contributed by atoms with E-state index in [1.165, 1.54) is 0 Å². The molecule has 3 rings (SSSR count). The number of hydrogen-bond donors (Lipinski definition) is 1. The van der Waals surface area contributed by atoms with Crippen molar-refractivity contribution in [2.75, 3.05) is 39.4 Å². The first-order valence-electron chi connectivity index (χ1n) is 8.98. The van der Waals surface area contributed by atoms with Crippen molar-refractivity contribution in [2.45, 2.75) is 31.2 Å². The Kier molecular flexibility index (Phi) is 6.02. The first kappa shape index (κ1) is 20.4. The molecule has 2 aliphatic heterocycles. The molecule has 152 valence electrons. The molecule has 1 atom stereocenters. The van der Waals surface area contributed by atoms with Gasteiger partial charge in [0.1, 0.15) is 0 Å². The zero-order valence-corrected chi connectivity index (χ0v) is 14.7. The number of halogens is 6. The summed E-state index contributed by atoms with van der Waals surface area (Å²) in [5, 5.41) is 3.17. The molecule has 2 aliphatic rings. The average molecular weight is 396 g/mol. The van der Waals surface area contributed by atoms with E-state index in [1.807, 2.05) is 4.90 Å². The van der Waals surface area contributed by atoms with Crippen LogP contribution in [0.1, 0.15) is 35.6 Å². The number of hydrogen-bond acceptors (Lipinski definition) is 3. The summed E-state index contributed by atoms with van der Waals surface area (Å²) in [7, 11) is 0. The van der Waals surface area contributed by atoms with Crippen molar-refractivity contribution in [1.82, 2.24) is 10.2 Å². The normalized spacial score (nSPS) is 22.0. The molecule has 0 radical (unpaired) electrons. The number of alkyl halides is 6. The Balaban J connectivity index is 2.06. The molecule has 2 fully saturated rings. The second kappa shape index (κ2) is 7.97. The summed E-state index contributed by atoms with van der Waals surface area (Å²) in [5.74, 6) is -0.0404. The van der Waals surface area contributed by atoms with Gasteiger partial charge in [-0.3, -0.25) is 4.90 Å². The molecule has 1 aromatic carbocycles. The quantitative estimate of drug-likeness (QED) is 0.779. The van der Waals surface area contributed by atoms with Crippen molar-refractivity contribution in [3.8, 4) is 0 Å². The van der Waals surface area contributed by atoms with E-state index in [0.29, 0.717) is 52.2 Å². The maximum atomic E-state index is 13.3. The lowest BCUT2D eigenvalue weighted by molar-refractivity contribution is -0.143. The van der Waals surface area contributed by atoms with Crippen LogP contribution in [0.25, 0.3) is 0 Å². The third-order valence-electron chi connectivity index (χ3n) is 5.21.